The van der Waals surface area contributed by atoms with Crippen LogP contribution < -0.4 is 5.56 Å². The number of para-hydroxylation sites is 1. The minimum Gasteiger partial charge on any atom is -0.309 e. The maximum Gasteiger partial charge on any atom is 0.258 e. The molecule has 2 aromatic rings. The third-order valence-electron chi connectivity index (χ3n) is 4.10. The number of aryl methyl sites for hydroxylation is 1. The van der Waals surface area contributed by atoms with Crippen LogP contribution in [0.3, 0.4) is 0 Å². The smallest absolute Gasteiger partial charge is 0.258 e. The molecule has 0 radical (unpaired) electrons. The molecule has 118 valence electrons. The number of nitrogens with zero attached hydrogens (tertiary/aromatic N) is 2. The lowest BCUT2D eigenvalue weighted by Crippen LogP contribution is -2.29. The number of hydrogen-bond acceptors (Lipinski definition) is 5. The van der Waals surface area contributed by atoms with Gasteiger partial charge in [-0.05, 0) is 37.7 Å². The number of benzene rings is 1. The number of nitrogens with one attached hydrogen (secondary N) is 1. The summed E-state index contributed by atoms with van der Waals surface area (Å²) in [4.78, 5) is 19.8. The van der Waals surface area contributed by atoms with Gasteiger partial charge in [0.1, 0.15) is 5.82 Å². The third kappa shape index (κ3) is 3.50. The van der Waals surface area contributed by atoms with Gasteiger partial charge in [-0.1, -0.05) is 24.1 Å². The van der Waals surface area contributed by atoms with E-state index in [9.17, 15) is 4.79 Å². The van der Waals surface area contributed by atoms with E-state index in [2.05, 4.69) is 20.5 Å². The van der Waals surface area contributed by atoms with Gasteiger partial charge in [0.25, 0.3) is 5.56 Å². The molecule has 4 nitrogen and oxygen atoms in total. The molecule has 1 N–H and O–H groups in total. The van der Waals surface area contributed by atoms with E-state index in [1.165, 1.54) is 12.8 Å². The summed E-state index contributed by atoms with van der Waals surface area (Å²) >= 11 is 3.75. The van der Waals surface area contributed by atoms with Crippen LogP contribution in [0.1, 0.15) is 24.2 Å². The monoisotopic (exact) mass is 335 g/mol. The van der Waals surface area contributed by atoms with E-state index in [-0.39, 0.29) is 5.56 Å². The van der Waals surface area contributed by atoms with Crippen molar-refractivity contribution in [2.75, 3.05) is 19.3 Å². The zero-order valence-corrected chi connectivity index (χ0v) is 14.6. The number of piperidine rings is 1. The van der Waals surface area contributed by atoms with E-state index >= 15 is 0 Å². The summed E-state index contributed by atoms with van der Waals surface area (Å²) in [5.74, 6) is 1.58. The highest BCUT2D eigenvalue weighted by atomic mass is 32.2. The van der Waals surface area contributed by atoms with Crippen molar-refractivity contribution < 1.29 is 0 Å². The van der Waals surface area contributed by atoms with Gasteiger partial charge in [-0.3, -0.25) is 9.10 Å². The highest BCUT2D eigenvalue weighted by Crippen LogP contribution is 2.27. The molecular formula is C16H21N3OS2. The fraction of sp³-hybridized carbons (Fsp3) is 0.500. The summed E-state index contributed by atoms with van der Waals surface area (Å²) in [6, 6.07) is 5.75. The first-order valence-electron chi connectivity index (χ1n) is 7.56. The summed E-state index contributed by atoms with van der Waals surface area (Å²) < 4.78 is 2.41. The van der Waals surface area contributed by atoms with E-state index < -0.39 is 0 Å². The topological polar surface area (TPSA) is 49.0 Å². The molecule has 0 atom stereocenters. The summed E-state index contributed by atoms with van der Waals surface area (Å²) in [6.07, 6.45) is 4.56. The Hall–Kier alpha value is -0.980. The maximum atomic E-state index is 12.2. The van der Waals surface area contributed by atoms with Gasteiger partial charge in [0.15, 0.2) is 0 Å². The SMILES string of the molecule is CSN1CCC(SCc2nc3c(C)cccc3c(=O)[nH]2)CC1. The lowest BCUT2D eigenvalue weighted by Gasteiger charge is -2.29. The van der Waals surface area contributed by atoms with Crippen LogP contribution in [0, 0.1) is 6.92 Å². The number of hydrogen-bond donors (Lipinski definition) is 1. The molecule has 1 aliphatic heterocycles. The van der Waals surface area contributed by atoms with Gasteiger partial charge in [0.05, 0.1) is 16.7 Å². The molecule has 22 heavy (non-hydrogen) atoms. The highest BCUT2D eigenvalue weighted by Gasteiger charge is 2.19. The summed E-state index contributed by atoms with van der Waals surface area (Å²) in [5.41, 5.74) is 1.86. The van der Waals surface area contributed by atoms with Crippen molar-refractivity contribution in [2.24, 2.45) is 0 Å². The van der Waals surface area contributed by atoms with Gasteiger partial charge in [-0.2, -0.15) is 11.8 Å². The molecule has 2 heterocycles. The van der Waals surface area contributed by atoms with Crippen molar-refractivity contribution in [1.82, 2.24) is 14.3 Å². The quantitative estimate of drug-likeness (QED) is 0.870. The molecule has 1 fully saturated rings. The zero-order chi connectivity index (χ0) is 15.5. The second kappa shape index (κ2) is 7.06. The Labute approximate surface area is 139 Å². The number of H-pyrrole nitrogens is 1. The predicted molar refractivity (Wildman–Crippen MR) is 96.5 cm³/mol. The number of fused-ring (bicyclic) bond motifs is 1. The Bertz CT molecular complexity index is 708. The van der Waals surface area contributed by atoms with Crippen LogP contribution in [-0.2, 0) is 5.75 Å². The average Bonchev–Trinajstić information content (AvgIpc) is 2.54. The summed E-state index contributed by atoms with van der Waals surface area (Å²) in [7, 11) is 0. The standard InChI is InChI=1S/C16H21N3OS2/c1-11-4-3-5-13-15(11)17-14(18-16(13)20)10-22-12-6-8-19(21-2)9-7-12/h3-5,12H,6-10H2,1-2H3,(H,17,18,20). The molecule has 0 aliphatic carbocycles. The molecule has 0 saturated carbocycles. The lowest BCUT2D eigenvalue weighted by atomic mass is 10.1. The van der Waals surface area contributed by atoms with Crippen LogP contribution in [-0.4, -0.2) is 38.9 Å². The fourth-order valence-electron chi connectivity index (χ4n) is 2.80. The van der Waals surface area contributed by atoms with E-state index in [4.69, 9.17) is 0 Å². The molecular weight excluding hydrogens is 314 g/mol. The fourth-order valence-corrected chi connectivity index (χ4v) is 4.45. The minimum atomic E-state index is -0.0264. The van der Waals surface area contributed by atoms with Crippen LogP contribution in [0.15, 0.2) is 23.0 Å². The normalized spacial score (nSPS) is 17.2. The minimum absolute atomic E-state index is 0.0264. The Morgan fingerprint density at radius 2 is 2.14 bits per heavy atom. The van der Waals surface area contributed by atoms with Gasteiger partial charge < -0.3 is 4.98 Å². The van der Waals surface area contributed by atoms with Crippen LogP contribution in [0.4, 0.5) is 0 Å². The average molecular weight is 335 g/mol. The lowest BCUT2D eigenvalue weighted by molar-refractivity contribution is 0.389. The van der Waals surface area contributed by atoms with Crippen molar-refractivity contribution in [3.63, 3.8) is 0 Å². The van der Waals surface area contributed by atoms with E-state index in [0.29, 0.717) is 10.6 Å². The Balaban J connectivity index is 1.70. The van der Waals surface area contributed by atoms with Gasteiger partial charge >= 0.3 is 0 Å². The molecule has 0 unspecified atom stereocenters. The van der Waals surface area contributed by atoms with Gasteiger partial charge in [-0.25, -0.2) is 4.98 Å². The highest BCUT2D eigenvalue weighted by molar-refractivity contribution is 7.99. The van der Waals surface area contributed by atoms with Gasteiger partial charge in [0.2, 0.25) is 0 Å². The van der Waals surface area contributed by atoms with Crippen molar-refractivity contribution in [1.29, 1.82) is 0 Å². The first-order valence-corrected chi connectivity index (χ1v) is 9.79. The Morgan fingerprint density at radius 3 is 2.86 bits per heavy atom. The number of aromatic amines is 1. The second-order valence-electron chi connectivity index (χ2n) is 5.61. The van der Waals surface area contributed by atoms with Crippen LogP contribution in [0.25, 0.3) is 10.9 Å². The van der Waals surface area contributed by atoms with Gasteiger partial charge in [0, 0.05) is 18.3 Å². The molecule has 1 aliphatic rings. The molecule has 6 heteroatoms. The number of thioether (sulfide) groups is 1. The maximum absolute atomic E-state index is 12.2. The molecule has 1 aromatic heterocycles. The molecule has 0 spiro atoms. The largest absolute Gasteiger partial charge is 0.309 e. The molecule has 1 aromatic carbocycles. The molecule has 0 amide bonds. The van der Waals surface area contributed by atoms with Crippen LogP contribution in [0.2, 0.25) is 0 Å². The van der Waals surface area contributed by atoms with E-state index in [1.807, 2.05) is 48.8 Å². The Morgan fingerprint density at radius 1 is 1.36 bits per heavy atom. The first-order chi connectivity index (χ1) is 10.7. The van der Waals surface area contributed by atoms with Crippen molar-refractivity contribution in [2.45, 2.75) is 30.8 Å². The van der Waals surface area contributed by atoms with Crippen LogP contribution in [0.5, 0.6) is 0 Å². The Kier molecular flexibility index (Phi) is 5.10. The van der Waals surface area contributed by atoms with E-state index in [0.717, 1.165) is 35.7 Å². The first kappa shape index (κ1) is 15.9. The number of rotatable bonds is 4. The number of aromatic nitrogens is 2. The molecule has 1 saturated heterocycles. The third-order valence-corrected chi connectivity index (χ3v) is 6.37. The molecule has 0 bridgehead atoms. The van der Waals surface area contributed by atoms with Gasteiger partial charge in [-0.15, -0.1) is 0 Å². The predicted octanol–water partition coefficient (Wildman–Crippen LogP) is 3.21. The van der Waals surface area contributed by atoms with E-state index in [1.54, 1.807) is 0 Å². The summed E-state index contributed by atoms with van der Waals surface area (Å²) in [5, 5.41) is 1.35. The zero-order valence-electron chi connectivity index (χ0n) is 13.0. The van der Waals surface area contributed by atoms with Crippen LogP contribution >= 0.6 is 23.7 Å². The van der Waals surface area contributed by atoms with Crippen molar-refractivity contribution >= 4 is 34.6 Å². The van der Waals surface area contributed by atoms with Crippen molar-refractivity contribution in [3.05, 3.63) is 39.9 Å². The molecule has 3 rings (SSSR count). The van der Waals surface area contributed by atoms with Crippen molar-refractivity contribution in [3.8, 4) is 0 Å². The second-order valence-corrected chi connectivity index (χ2v) is 7.78. The summed E-state index contributed by atoms with van der Waals surface area (Å²) in [6.45, 7) is 4.31.